The smallest absolute Gasteiger partial charge is 0.255 e. The molecule has 0 aliphatic rings. The number of hydrogen-bond acceptors (Lipinski definition) is 2. The van der Waals surface area contributed by atoms with E-state index in [9.17, 15) is 4.79 Å². The highest BCUT2D eigenvalue weighted by molar-refractivity contribution is 6.34. The van der Waals surface area contributed by atoms with Crippen LogP contribution in [0.25, 0.3) is 0 Å². The first-order valence-electron chi connectivity index (χ1n) is 5.92. The molecule has 0 aliphatic carbocycles. The first kappa shape index (κ1) is 14.5. The minimum atomic E-state index is -0.117. The number of nitrogens with zero attached hydrogens (tertiary/aromatic N) is 2. The predicted octanol–water partition coefficient (Wildman–Crippen LogP) is 3.41. The van der Waals surface area contributed by atoms with Gasteiger partial charge >= 0.3 is 0 Å². The Morgan fingerprint density at radius 1 is 1.50 bits per heavy atom. The van der Waals surface area contributed by atoms with Crippen LogP contribution in [0.2, 0.25) is 5.02 Å². The zero-order valence-electron chi connectivity index (χ0n) is 10.9. The van der Waals surface area contributed by atoms with Crippen LogP contribution in [0.15, 0.2) is 18.2 Å². The van der Waals surface area contributed by atoms with Crippen molar-refractivity contribution in [2.24, 2.45) is 0 Å². The van der Waals surface area contributed by atoms with Crippen LogP contribution in [0.4, 0.5) is 0 Å². The maximum Gasteiger partial charge on any atom is 0.255 e. The molecule has 0 aromatic heterocycles. The lowest BCUT2D eigenvalue weighted by atomic mass is 10.1. The second kappa shape index (κ2) is 6.42. The summed E-state index contributed by atoms with van der Waals surface area (Å²) in [5, 5.41) is 9.12. The van der Waals surface area contributed by atoms with Gasteiger partial charge in [0.05, 0.1) is 23.1 Å². The number of halogens is 1. The number of benzene rings is 1. The quantitative estimate of drug-likeness (QED) is 0.836. The fourth-order valence-electron chi connectivity index (χ4n) is 1.73. The Balaban J connectivity index is 3.03. The molecule has 0 fully saturated rings. The van der Waals surface area contributed by atoms with Gasteiger partial charge in [0.2, 0.25) is 0 Å². The Morgan fingerprint density at radius 2 is 2.17 bits per heavy atom. The number of carbonyl (C=O) groups is 1. The Morgan fingerprint density at radius 3 is 2.72 bits per heavy atom. The Labute approximate surface area is 113 Å². The van der Waals surface area contributed by atoms with Gasteiger partial charge in [0.1, 0.15) is 0 Å². The van der Waals surface area contributed by atoms with Gasteiger partial charge in [-0.2, -0.15) is 5.26 Å². The average molecular weight is 265 g/mol. The van der Waals surface area contributed by atoms with Crippen LogP contribution in [0, 0.1) is 18.3 Å². The van der Waals surface area contributed by atoms with Crippen molar-refractivity contribution >= 4 is 17.5 Å². The van der Waals surface area contributed by atoms with Crippen LogP contribution in [0.1, 0.15) is 36.2 Å². The zero-order valence-corrected chi connectivity index (χ0v) is 11.7. The normalized spacial score (nSPS) is 10.2. The van der Waals surface area contributed by atoms with E-state index in [1.54, 1.807) is 11.0 Å². The summed E-state index contributed by atoms with van der Waals surface area (Å²) in [4.78, 5) is 14.1. The number of amides is 1. The molecule has 96 valence electrons. The fourth-order valence-corrected chi connectivity index (χ4v) is 1.94. The van der Waals surface area contributed by atoms with E-state index in [0.29, 0.717) is 23.6 Å². The summed E-state index contributed by atoms with van der Waals surface area (Å²) in [5.41, 5.74) is 1.38. The molecule has 1 aromatic carbocycles. The molecular weight excluding hydrogens is 248 g/mol. The third kappa shape index (κ3) is 3.24. The lowest BCUT2D eigenvalue weighted by molar-refractivity contribution is 0.0710. The third-order valence-electron chi connectivity index (χ3n) is 2.77. The maximum atomic E-state index is 12.4. The molecule has 0 spiro atoms. The van der Waals surface area contributed by atoms with Crippen molar-refractivity contribution < 1.29 is 4.79 Å². The molecule has 0 saturated carbocycles. The first-order valence-corrected chi connectivity index (χ1v) is 6.29. The first-order chi connectivity index (χ1) is 8.49. The molecule has 0 unspecified atom stereocenters. The minimum absolute atomic E-state index is 0.0439. The molecule has 18 heavy (non-hydrogen) atoms. The van der Waals surface area contributed by atoms with Crippen molar-refractivity contribution in [2.45, 2.75) is 33.2 Å². The predicted molar refractivity (Wildman–Crippen MR) is 72.6 cm³/mol. The fraction of sp³-hybridized carbons (Fsp3) is 0.429. The molecule has 0 saturated heterocycles. The van der Waals surface area contributed by atoms with Gasteiger partial charge in [-0.25, -0.2) is 0 Å². The van der Waals surface area contributed by atoms with E-state index in [2.05, 4.69) is 6.07 Å². The second-order valence-electron chi connectivity index (χ2n) is 4.44. The van der Waals surface area contributed by atoms with Crippen LogP contribution in [0.3, 0.4) is 0 Å². The van der Waals surface area contributed by atoms with Crippen LogP contribution < -0.4 is 0 Å². The summed E-state index contributed by atoms with van der Waals surface area (Å²) in [7, 11) is 0. The van der Waals surface area contributed by atoms with E-state index >= 15 is 0 Å². The molecule has 0 aliphatic heterocycles. The molecule has 4 heteroatoms. The van der Waals surface area contributed by atoms with Gasteiger partial charge < -0.3 is 4.90 Å². The van der Waals surface area contributed by atoms with Crippen molar-refractivity contribution in [1.29, 1.82) is 5.26 Å². The number of aryl methyl sites for hydroxylation is 1. The average Bonchev–Trinajstić information content (AvgIpc) is 2.32. The van der Waals surface area contributed by atoms with Gasteiger partial charge in [-0.3, -0.25) is 4.79 Å². The van der Waals surface area contributed by atoms with Gasteiger partial charge in [0.15, 0.2) is 0 Å². The number of rotatable bonds is 4. The van der Waals surface area contributed by atoms with Crippen LogP contribution in [-0.4, -0.2) is 23.4 Å². The number of carbonyl (C=O) groups excluding carboxylic acids is 1. The van der Waals surface area contributed by atoms with E-state index < -0.39 is 0 Å². The molecule has 0 radical (unpaired) electrons. The highest BCUT2D eigenvalue weighted by Crippen LogP contribution is 2.22. The molecule has 1 aromatic rings. The van der Waals surface area contributed by atoms with Crippen molar-refractivity contribution in [3.63, 3.8) is 0 Å². The van der Waals surface area contributed by atoms with Crippen LogP contribution in [-0.2, 0) is 0 Å². The lowest BCUT2D eigenvalue weighted by Crippen LogP contribution is -2.37. The van der Waals surface area contributed by atoms with Crippen molar-refractivity contribution in [2.75, 3.05) is 6.54 Å². The van der Waals surface area contributed by atoms with Crippen LogP contribution in [0.5, 0.6) is 0 Å². The minimum Gasteiger partial charge on any atom is -0.335 e. The zero-order chi connectivity index (χ0) is 13.7. The van der Waals surface area contributed by atoms with Gasteiger partial charge in [-0.1, -0.05) is 23.7 Å². The van der Waals surface area contributed by atoms with Gasteiger partial charge in [-0.15, -0.1) is 0 Å². The third-order valence-corrected chi connectivity index (χ3v) is 3.27. The summed E-state index contributed by atoms with van der Waals surface area (Å²) in [5.74, 6) is -0.117. The summed E-state index contributed by atoms with van der Waals surface area (Å²) >= 11 is 6.16. The van der Waals surface area contributed by atoms with Crippen LogP contribution >= 0.6 is 11.6 Å². The lowest BCUT2D eigenvalue weighted by Gasteiger charge is -2.26. The molecule has 0 heterocycles. The topological polar surface area (TPSA) is 44.1 Å². The second-order valence-corrected chi connectivity index (χ2v) is 4.81. The van der Waals surface area contributed by atoms with E-state index in [1.165, 1.54) is 0 Å². The monoisotopic (exact) mass is 264 g/mol. The van der Waals surface area contributed by atoms with E-state index in [4.69, 9.17) is 16.9 Å². The number of hydrogen-bond donors (Lipinski definition) is 0. The SMILES string of the molecule is Cc1cccc(C(=O)N(CCC#N)C(C)C)c1Cl. The van der Waals surface area contributed by atoms with E-state index in [0.717, 1.165) is 5.56 Å². The summed E-state index contributed by atoms with van der Waals surface area (Å²) in [6.07, 6.45) is 0.327. The van der Waals surface area contributed by atoms with E-state index in [-0.39, 0.29) is 11.9 Å². The highest BCUT2D eigenvalue weighted by Gasteiger charge is 2.21. The standard InChI is InChI=1S/C14H17ClN2O/c1-10(2)17(9-5-8-16)14(18)12-7-4-6-11(3)13(12)15/h4,6-7,10H,5,9H2,1-3H3. The Kier molecular flexibility index (Phi) is 5.18. The number of nitriles is 1. The molecular formula is C14H17ClN2O. The van der Waals surface area contributed by atoms with E-state index in [1.807, 2.05) is 32.9 Å². The highest BCUT2D eigenvalue weighted by atomic mass is 35.5. The summed E-state index contributed by atoms with van der Waals surface area (Å²) in [6.45, 7) is 6.16. The maximum absolute atomic E-state index is 12.4. The van der Waals surface area contributed by atoms with Gasteiger partial charge in [0, 0.05) is 12.6 Å². The largest absolute Gasteiger partial charge is 0.335 e. The van der Waals surface area contributed by atoms with Crippen molar-refractivity contribution in [3.8, 4) is 6.07 Å². The Bertz CT molecular complexity index is 477. The molecule has 0 atom stereocenters. The van der Waals surface area contributed by atoms with Gasteiger partial charge in [-0.05, 0) is 32.4 Å². The van der Waals surface area contributed by atoms with Crippen molar-refractivity contribution in [3.05, 3.63) is 34.3 Å². The molecule has 0 N–H and O–H groups in total. The molecule has 1 rings (SSSR count). The summed E-state index contributed by atoms with van der Waals surface area (Å²) < 4.78 is 0. The van der Waals surface area contributed by atoms with Crippen molar-refractivity contribution in [1.82, 2.24) is 4.90 Å². The molecule has 0 bridgehead atoms. The molecule has 1 amide bonds. The molecule has 3 nitrogen and oxygen atoms in total. The summed E-state index contributed by atoms with van der Waals surface area (Å²) in [6, 6.07) is 7.51. The Hall–Kier alpha value is -1.53. The van der Waals surface area contributed by atoms with Gasteiger partial charge in [0.25, 0.3) is 5.91 Å².